The molecular weight excluding hydrogens is 234 g/mol. The molecular formula is C13H16ClN3. The monoisotopic (exact) mass is 249 g/mol. The first kappa shape index (κ1) is 12.0. The van der Waals surface area contributed by atoms with Crippen molar-refractivity contribution in [3.8, 4) is 5.69 Å². The van der Waals surface area contributed by atoms with Gasteiger partial charge in [-0.15, -0.1) is 0 Å². The van der Waals surface area contributed by atoms with Crippen LogP contribution in [0.2, 0.25) is 5.02 Å². The van der Waals surface area contributed by atoms with Gasteiger partial charge in [-0.1, -0.05) is 24.6 Å². The Hall–Kier alpha value is -1.48. The van der Waals surface area contributed by atoms with E-state index in [1.807, 2.05) is 23.7 Å². The van der Waals surface area contributed by atoms with Crippen LogP contribution in [-0.4, -0.2) is 9.78 Å². The van der Waals surface area contributed by atoms with E-state index in [2.05, 4.69) is 18.9 Å². The van der Waals surface area contributed by atoms with Crippen LogP contribution in [0.3, 0.4) is 0 Å². The molecule has 0 spiro atoms. The zero-order valence-electron chi connectivity index (χ0n) is 10.3. The fraction of sp³-hybridized carbons (Fsp3) is 0.308. The summed E-state index contributed by atoms with van der Waals surface area (Å²) in [5.41, 5.74) is 10.8. The first-order chi connectivity index (χ1) is 8.06. The number of halogens is 1. The minimum atomic E-state index is 0.563. The summed E-state index contributed by atoms with van der Waals surface area (Å²) in [6, 6.07) is 5.60. The summed E-state index contributed by atoms with van der Waals surface area (Å²) in [5.74, 6) is 0. The number of hydrogen-bond donors (Lipinski definition) is 1. The van der Waals surface area contributed by atoms with E-state index in [4.69, 9.17) is 17.3 Å². The van der Waals surface area contributed by atoms with Crippen molar-refractivity contribution in [1.82, 2.24) is 9.78 Å². The van der Waals surface area contributed by atoms with Gasteiger partial charge in [0.15, 0.2) is 0 Å². The third-order valence-corrected chi connectivity index (χ3v) is 3.38. The highest BCUT2D eigenvalue weighted by atomic mass is 35.5. The molecule has 2 N–H and O–H groups in total. The zero-order valence-corrected chi connectivity index (χ0v) is 11.0. The lowest BCUT2D eigenvalue weighted by Crippen LogP contribution is -2.04. The van der Waals surface area contributed by atoms with Crippen molar-refractivity contribution in [2.75, 3.05) is 5.73 Å². The Morgan fingerprint density at radius 2 is 2.06 bits per heavy atom. The second-order valence-corrected chi connectivity index (χ2v) is 4.49. The molecule has 0 bridgehead atoms. The summed E-state index contributed by atoms with van der Waals surface area (Å²) in [5, 5.41) is 5.09. The number of nitrogen functional groups attached to an aromatic ring is 1. The van der Waals surface area contributed by atoms with Crippen LogP contribution in [0.5, 0.6) is 0 Å². The van der Waals surface area contributed by atoms with Crippen molar-refractivity contribution in [2.45, 2.75) is 27.2 Å². The van der Waals surface area contributed by atoms with Crippen LogP contribution in [-0.2, 0) is 6.42 Å². The number of aromatic nitrogens is 2. The van der Waals surface area contributed by atoms with Crippen molar-refractivity contribution in [3.63, 3.8) is 0 Å². The maximum atomic E-state index is 6.03. The molecule has 90 valence electrons. The molecule has 17 heavy (non-hydrogen) atoms. The molecule has 0 unspecified atom stereocenters. The smallest absolute Gasteiger partial charge is 0.0893 e. The summed E-state index contributed by atoms with van der Waals surface area (Å²) in [7, 11) is 0. The van der Waals surface area contributed by atoms with Crippen molar-refractivity contribution in [1.29, 1.82) is 0 Å². The Kier molecular flexibility index (Phi) is 3.11. The van der Waals surface area contributed by atoms with E-state index in [9.17, 15) is 0 Å². The molecule has 2 rings (SSSR count). The van der Waals surface area contributed by atoms with Crippen LogP contribution in [0.25, 0.3) is 5.69 Å². The number of anilines is 1. The second-order valence-electron chi connectivity index (χ2n) is 4.09. The molecule has 0 atom stereocenters. The molecule has 0 radical (unpaired) electrons. The molecule has 0 aliphatic heterocycles. The second kappa shape index (κ2) is 4.41. The number of hydrogen-bond acceptors (Lipinski definition) is 2. The first-order valence-electron chi connectivity index (χ1n) is 5.65. The summed E-state index contributed by atoms with van der Waals surface area (Å²) < 4.78 is 1.87. The topological polar surface area (TPSA) is 43.8 Å². The number of benzene rings is 1. The van der Waals surface area contributed by atoms with Gasteiger partial charge in [0.1, 0.15) is 0 Å². The Morgan fingerprint density at radius 1 is 1.35 bits per heavy atom. The fourth-order valence-electron chi connectivity index (χ4n) is 2.13. The molecule has 2 aromatic rings. The summed E-state index contributed by atoms with van der Waals surface area (Å²) in [6.07, 6.45) is 0.970. The van der Waals surface area contributed by atoms with Gasteiger partial charge in [0.2, 0.25) is 0 Å². The predicted molar refractivity (Wildman–Crippen MR) is 71.8 cm³/mol. The van der Waals surface area contributed by atoms with Gasteiger partial charge < -0.3 is 5.73 Å². The van der Waals surface area contributed by atoms with Crippen molar-refractivity contribution >= 4 is 17.3 Å². The molecule has 1 aromatic heterocycles. The van der Waals surface area contributed by atoms with Crippen molar-refractivity contribution in [3.05, 3.63) is 40.2 Å². The predicted octanol–water partition coefficient (Wildman–Crippen LogP) is 3.29. The highest BCUT2D eigenvalue weighted by Gasteiger charge is 2.13. The number of nitrogens with zero attached hydrogens (tertiary/aromatic N) is 2. The van der Waals surface area contributed by atoms with Crippen LogP contribution in [0, 0.1) is 13.8 Å². The third-order valence-electron chi connectivity index (χ3n) is 3.05. The summed E-state index contributed by atoms with van der Waals surface area (Å²) in [6.45, 7) is 6.20. The first-order valence-corrected chi connectivity index (χ1v) is 6.03. The van der Waals surface area contributed by atoms with Gasteiger partial charge in [-0.2, -0.15) is 5.10 Å². The van der Waals surface area contributed by atoms with Crippen LogP contribution in [0.15, 0.2) is 18.2 Å². The molecule has 1 heterocycles. The lowest BCUT2D eigenvalue weighted by atomic mass is 10.1. The fourth-order valence-corrected chi connectivity index (χ4v) is 2.30. The third kappa shape index (κ3) is 1.91. The molecule has 0 fully saturated rings. The van der Waals surface area contributed by atoms with E-state index in [0.717, 1.165) is 23.5 Å². The SMILES string of the molecule is CCc1c(C)nn(-c2cccc(Cl)c2N)c1C. The van der Waals surface area contributed by atoms with Gasteiger partial charge in [0.25, 0.3) is 0 Å². The van der Waals surface area contributed by atoms with E-state index in [0.29, 0.717) is 10.7 Å². The zero-order chi connectivity index (χ0) is 12.6. The average Bonchev–Trinajstić information content (AvgIpc) is 2.58. The number of rotatable bonds is 2. The lowest BCUT2D eigenvalue weighted by molar-refractivity contribution is 0.835. The maximum absolute atomic E-state index is 6.03. The van der Waals surface area contributed by atoms with Gasteiger partial charge in [-0.25, -0.2) is 4.68 Å². The van der Waals surface area contributed by atoms with E-state index >= 15 is 0 Å². The molecule has 1 aromatic carbocycles. The van der Waals surface area contributed by atoms with Gasteiger partial charge in [0, 0.05) is 5.69 Å². The Bertz CT molecular complexity index is 558. The van der Waals surface area contributed by atoms with Gasteiger partial charge in [0.05, 0.1) is 22.1 Å². The number of para-hydroxylation sites is 1. The van der Waals surface area contributed by atoms with Crippen molar-refractivity contribution in [2.24, 2.45) is 0 Å². The Balaban J connectivity index is 2.65. The van der Waals surface area contributed by atoms with E-state index in [-0.39, 0.29) is 0 Å². The highest BCUT2D eigenvalue weighted by Crippen LogP contribution is 2.27. The minimum Gasteiger partial charge on any atom is -0.396 e. The molecule has 4 heteroatoms. The molecule has 0 amide bonds. The van der Waals surface area contributed by atoms with E-state index in [1.54, 1.807) is 6.07 Å². The van der Waals surface area contributed by atoms with Crippen LogP contribution in [0.1, 0.15) is 23.9 Å². The minimum absolute atomic E-state index is 0.563. The van der Waals surface area contributed by atoms with E-state index in [1.165, 1.54) is 5.56 Å². The molecule has 0 saturated heterocycles. The van der Waals surface area contributed by atoms with Gasteiger partial charge in [-0.05, 0) is 38.0 Å². The summed E-state index contributed by atoms with van der Waals surface area (Å²) >= 11 is 6.03. The van der Waals surface area contributed by atoms with E-state index < -0.39 is 0 Å². The normalized spacial score (nSPS) is 10.8. The quantitative estimate of drug-likeness (QED) is 0.830. The van der Waals surface area contributed by atoms with Crippen LogP contribution >= 0.6 is 11.6 Å². The molecule has 0 aliphatic rings. The highest BCUT2D eigenvalue weighted by molar-refractivity contribution is 6.33. The number of aryl methyl sites for hydroxylation is 1. The Morgan fingerprint density at radius 3 is 2.65 bits per heavy atom. The molecule has 3 nitrogen and oxygen atoms in total. The van der Waals surface area contributed by atoms with Crippen LogP contribution in [0.4, 0.5) is 5.69 Å². The maximum Gasteiger partial charge on any atom is 0.0893 e. The largest absolute Gasteiger partial charge is 0.396 e. The van der Waals surface area contributed by atoms with Crippen molar-refractivity contribution < 1.29 is 0 Å². The molecule has 0 saturated carbocycles. The average molecular weight is 250 g/mol. The van der Waals surface area contributed by atoms with Crippen LogP contribution < -0.4 is 5.73 Å². The van der Waals surface area contributed by atoms with Gasteiger partial charge >= 0.3 is 0 Å². The molecule has 0 aliphatic carbocycles. The Labute approximate surface area is 106 Å². The number of nitrogens with two attached hydrogens (primary N) is 1. The lowest BCUT2D eigenvalue weighted by Gasteiger charge is -2.09. The standard InChI is InChI=1S/C13H16ClN3/c1-4-10-8(2)16-17(9(10)3)12-7-5-6-11(14)13(12)15/h5-7H,4,15H2,1-3H3. The summed E-state index contributed by atoms with van der Waals surface area (Å²) in [4.78, 5) is 0. The van der Waals surface area contributed by atoms with Gasteiger partial charge in [-0.3, -0.25) is 0 Å².